The molecule has 0 aromatic heterocycles. The lowest BCUT2D eigenvalue weighted by Crippen LogP contribution is -2.35. The van der Waals surface area contributed by atoms with Crippen LogP contribution in [0.5, 0.6) is 0 Å². The van der Waals surface area contributed by atoms with Gasteiger partial charge in [0.2, 0.25) is 0 Å². The minimum atomic E-state index is -2.99. The molecule has 0 radical (unpaired) electrons. The Morgan fingerprint density at radius 3 is 1.35 bits per heavy atom. The summed E-state index contributed by atoms with van der Waals surface area (Å²) in [5, 5.41) is 0. The van der Waals surface area contributed by atoms with Crippen LogP contribution in [0.15, 0.2) is 0 Å². The zero-order chi connectivity index (χ0) is 13.9. The normalized spacial score (nSPS) is 14.5. The van der Waals surface area contributed by atoms with E-state index in [9.17, 15) is 4.89 Å². The first-order valence-electron chi connectivity index (χ1n) is 6.22. The zero-order valence-corrected chi connectivity index (χ0v) is 13.5. The van der Waals surface area contributed by atoms with Crippen molar-refractivity contribution < 1.29 is 13.9 Å². The number of hydrogen-bond donors (Lipinski definition) is 1. The van der Waals surface area contributed by atoms with Crippen LogP contribution < -0.4 is 0 Å². The molecule has 0 saturated carbocycles. The van der Waals surface area contributed by atoms with E-state index in [-0.39, 0.29) is 0 Å². The van der Waals surface area contributed by atoms with E-state index in [1.807, 2.05) is 60.1 Å². The predicted octanol–water partition coefficient (Wildman–Crippen LogP) is 3.63. The monoisotopic (exact) mass is 266 g/mol. The summed E-state index contributed by atoms with van der Waals surface area (Å²) in [7, 11) is -2.99. The highest BCUT2D eigenvalue weighted by Gasteiger charge is 2.54. The molecule has 0 aliphatic heterocycles. The summed E-state index contributed by atoms with van der Waals surface area (Å²) in [4.78, 5) is 10.7. The summed E-state index contributed by atoms with van der Waals surface area (Å²) in [5.74, 6) is 0. The third kappa shape index (κ3) is 6.68. The molecule has 0 unspecified atom stereocenters. The fraction of sp³-hybridized carbons (Fsp3) is 1.00. The Bertz CT molecular complexity index is 213. The summed E-state index contributed by atoms with van der Waals surface area (Å²) in [6, 6.07) is 0. The average molecular weight is 266 g/mol. The zero-order valence-electron chi connectivity index (χ0n) is 12.6. The van der Waals surface area contributed by atoms with Gasteiger partial charge in [0.05, 0.1) is 0 Å². The average Bonchev–Trinajstić information content (AvgIpc) is 1.97. The van der Waals surface area contributed by atoms with Crippen LogP contribution in [0.25, 0.3) is 0 Å². The Hall–Kier alpha value is 0.270. The minimum Gasteiger partial charge on any atom is -0.177 e. The topological polar surface area (TPSA) is 41.9 Å². The molecule has 0 rings (SSSR count). The maximum Gasteiger partial charge on any atom is 0.502 e. The molecule has 0 fully saturated rings. The van der Waals surface area contributed by atoms with Crippen LogP contribution in [0, 0.1) is 0 Å². The molecule has 0 atom stereocenters. The molecule has 0 aromatic rings. The van der Waals surface area contributed by atoms with Crippen LogP contribution in [0.1, 0.15) is 55.4 Å². The molecule has 0 amide bonds. The third-order valence-corrected chi connectivity index (χ3v) is 4.72. The first-order chi connectivity index (χ1) is 7.43. The van der Waals surface area contributed by atoms with Gasteiger partial charge in [0, 0.05) is 13.1 Å². The molecule has 1 N–H and O–H groups in total. The SMILES string of the molecule is CCN(CC)[P+](O)(OC(C)(C)C)OC(C)(C)C. The maximum atomic E-state index is 10.7. The van der Waals surface area contributed by atoms with Crippen molar-refractivity contribution in [2.45, 2.75) is 66.6 Å². The van der Waals surface area contributed by atoms with Gasteiger partial charge in [0.25, 0.3) is 0 Å². The van der Waals surface area contributed by atoms with E-state index >= 15 is 0 Å². The van der Waals surface area contributed by atoms with Crippen molar-refractivity contribution in [3.05, 3.63) is 0 Å². The maximum absolute atomic E-state index is 10.7. The van der Waals surface area contributed by atoms with Crippen LogP contribution in [0.3, 0.4) is 0 Å². The molecule has 5 heteroatoms. The van der Waals surface area contributed by atoms with Crippen LogP contribution in [-0.2, 0) is 9.05 Å². The fourth-order valence-corrected chi connectivity index (χ4v) is 3.84. The number of nitrogens with zero attached hydrogens (tertiary/aromatic N) is 1. The first kappa shape index (κ1) is 17.3. The van der Waals surface area contributed by atoms with E-state index in [2.05, 4.69) is 0 Å². The lowest BCUT2D eigenvalue weighted by molar-refractivity contribution is 0.00580. The standard InChI is InChI=1S/C12H29NO3P/c1-9-13(10-2)17(14,15-11(3,4)5)16-12(6,7)8/h14H,9-10H2,1-8H3/q+1. The van der Waals surface area contributed by atoms with E-state index in [4.69, 9.17) is 9.05 Å². The van der Waals surface area contributed by atoms with Gasteiger partial charge in [-0.15, -0.1) is 4.67 Å². The van der Waals surface area contributed by atoms with Gasteiger partial charge in [0.15, 0.2) is 0 Å². The second-order valence-corrected chi connectivity index (χ2v) is 7.95. The molecular formula is C12H29NO3P+. The van der Waals surface area contributed by atoms with Gasteiger partial charge in [-0.1, -0.05) is 0 Å². The van der Waals surface area contributed by atoms with Crippen molar-refractivity contribution in [1.82, 2.24) is 4.67 Å². The minimum absolute atomic E-state index is 0.434. The Labute approximate surface area is 107 Å². The van der Waals surface area contributed by atoms with Crippen molar-refractivity contribution in [2.75, 3.05) is 13.1 Å². The van der Waals surface area contributed by atoms with Crippen LogP contribution in [0.2, 0.25) is 0 Å². The quantitative estimate of drug-likeness (QED) is 0.772. The van der Waals surface area contributed by atoms with E-state index in [0.717, 1.165) is 0 Å². The molecule has 0 aromatic carbocycles. The van der Waals surface area contributed by atoms with E-state index in [1.54, 1.807) is 0 Å². The second kappa shape index (κ2) is 5.94. The largest absolute Gasteiger partial charge is 0.502 e. The molecule has 0 saturated heterocycles. The van der Waals surface area contributed by atoms with Gasteiger partial charge < -0.3 is 0 Å². The smallest absolute Gasteiger partial charge is 0.177 e. The summed E-state index contributed by atoms with van der Waals surface area (Å²) >= 11 is 0. The van der Waals surface area contributed by atoms with Crippen LogP contribution in [0.4, 0.5) is 0 Å². The fourth-order valence-electron chi connectivity index (χ4n) is 1.43. The molecule has 0 bridgehead atoms. The number of hydrogen-bond acceptors (Lipinski definition) is 4. The molecule has 104 valence electrons. The van der Waals surface area contributed by atoms with Gasteiger partial charge in [-0.2, -0.15) is 13.9 Å². The van der Waals surface area contributed by atoms with Gasteiger partial charge >= 0.3 is 8.09 Å². The summed E-state index contributed by atoms with van der Waals surface area (Å²) in [5.41, 5.74) is -0.868. The highest BCUT2D eigenvalue weighted by molar-refractivity contribution is 7.58. The Balaban J connectivity index is 5.06. The van der Waals surface area contributed by atoms with Gasteiger partial charge in [0.1, 0.15) is 11.2 Å². The lowest BCUT2D eigenvalue weighted by atomic mass is 10.2. The molecule has 0 aliphatic carbocycles. The van der Waals surface area contributed by atoms with Crippen LogP contribution >= 0.6 is 8.09 Å². The highest BCUT2D eigenvalue weighted by Crippen LogP contribution is 2.64. The summed E-state index contributed by atoms with van der Waals surface area (Å²) in [6.07, 6.45) is 0. The molecular weight excluding hydrogens is 237 g/mol. The van der Waals surface area contributed by atoms with E-state index < -0.39 is 19.3 Å². The van der Waals surface area contributed by atoms with Crippen molar-refractivity contribution in [3.8, 4) is 0 Å². The Morgan fingerprint density at radius 2 is 1.18 bits per heavy atom. The van der Waals surface area contributed by atoms with Crippen molar-refractivity contribution in [2.24, 2.45) is 0 Å². The van der Waals surface area contributed by atoms with E-state index in [0.29, 0.717) is 13.1 Å². The lowest BCUT2D eigenvalue weighted by Gasteiger charge is -2.33. The predicted molar refractivity (Wildman–Crippen MR) is 73.7 cm³/mol. The first-order valence-corrected chi connectivity index (χ1v) is 7.75. The molecule has 17 heavy (non-hydrogen) atoms. The molecule has 0 aliphatic rings. The van der Waals surface area contributed by atoms with Gasteiger partial charge in [-0.3, -0.25) is 0 Å². The third-order valence-electron chi connectivity index (χ3n) is 1.87. The highest BCUT2D eigenvalue weighted by atomic mass is 31.2. The molecule has 4 nitrogen and oxygen atoms in total. The van der Waals surface area contributed by atoms with Crippen molar-refractivity contribution >= 4 is 8.09 Å². The van der Waals surface area contributed by atoms with Gasteiger partial charge in [-0.25, -0.2) is 0 Å². The second-order valence-electron chi connectivity index (χ2n) is 6.04. The van der Waals surface area contributed by atoms with Crippen molar-refractivity contribution in [1.29, 1.82) is 0 Å². The Kier molecular flexibility index (Phi) is 6.04. The van der Waals surface area contributed by atoms with Crippen molar-refractivity contribution in [3.63, 3.8) is 0 Å². The summed E-state index contributed by atoms with van der Waals surface area (Å²) < 4.78 is 13.5. The molecule has 0 spiro atoms. The van der Waals surface area contributed by atoms with Gasteiger partial charge in [-0.05, 0) is 55.4 Å². The molecule has 0 heterocycles. The number of rotatable bonds is 5. The summed E-state index contributed by atoms with van der Waals surface area (Å²) in [6.45, 7) is 16.9. The Morgan fingerprint density at radius 1 is 0.882 bits per heavy atom. The van der Waals surface area contributed by atoms with E-state index in [1.165, 1.54) is 0 Å². The van der Waals surface area contributed by atoms with Crippen LogP contribution in [-0.4, -0.2) is 33.9 Å².